The predicted octanol–water partition coefficient (Wildman–Crippen LogP) is 6.87. The molecule has 10 nitrogen and oxygen atoms in total. The molecule has 1 aliphatic rings. The standard InChI is InChI=1S/C36H43N3O7/c1-36(2,3)45-35(40)46-39-19-16-30(34(23-39)44-24-26-10-15-31-32(22-26)38-18-17-37-31)27-11-13-29(14-12-27)43-21-7-20-42-25-28-8-5-6-9-33(28)41-4/h5-6,8-15,17-18,22,30,34H,7,16,19-21,23-25H2,1-4H3. The van der Waals surface area contributed by atoms with Gasteiger partial charge in [-0.15, -0.1) is 5.06 Å². The van der Waals surface area contributed by atoms with Crippen LogP contribution in [0.5, 0.6) is 11.5 Å². The predicted molar refractivity (Wildman–Crippen MR) is 174 cm³/mol. The third-order valence-electron chi connectivity index (χ3n) is 7.57. The average molecular weight is 630 g/mol. The number of benzene rings is 3. The van der Waals surface area contributed by atoms with Gasteiger partial charge in [-0.25, -0.2) is 4.79 Å². The van der Waals surface area contributed by atoms with Crippen LogP contribution in [0.3, 0.4) is 0 Å². The van der Waals surface area contributed by atoms with Gasteiger partial charge in [0.15, 0.2) is 0 Å². The van der Waals surface area contributed by atoms with E-state index in [0.717, 1.165) is 52.1 Å². The number of hydrogen-bond acceptors (Lipinski definition) is 10. The zero-order chi connectivity index (χ0) is 32.4. The number of aromatic nitrogens is 2. The fraction of sp³-hybridized carbons (Fsp3) is 0.417. The number of fused-ring (bicyclic) bond motifs is 1. The number of hydrogen-bond donors (Lipinski definition) is 0. The first-order valence-corrected chi connectivity index (χ1v) is 15.7. The summed E-state index contributed by atoms with van der Waals surface area (Å²) in [6, 6.07) is 22.0. The number of hydroxylamine groups is 2. The van der Waals surface area contributed by atoms with Crippen LogP contribution in [-0.4, -0.2) is 66.3 Å². The highest BCUT2D eigenvalue weighted by atomic mass is 16.8. The Morgan fingerprint density at radius 2 is 1.72 bits per heavy atom. The van der Waals surface area contributed by atoms with Crippen molar-refractivity contribution >= 4 is 17.2 Å². The largest absolute Gasteiger partial charge is 0.528 e. The molecular weight excluding hydrogens is 586 g/mol. The zero-order valence-corrected chi connectivity index (χ0v) is 27.0. The lowest BCUT2D eigenvalue weighted by Gasteiger charge is -2.37. The zero-order valence-electron chi connectivity index (χ0n) is 27.0. The lowest BCUT2D eigenvalue weighted by Crippen LogP contribution is -2.45. The second-order valence-electron chi connectivity index (χ2n) is 12.2. The van der Waals surface area contributed by atoms with E-state index in [1.54, 1.807) is 24.6 Å². The first kappa shape index (κ1) is 33.1. The number of ether oxygens (including phenoxy) is 5. The fourth-order valence-electron chi connectivity index (χ4n) is 5.36. The Morgan fingerprint density at radius 3 is 2.50 bits per heavy atom. The van der Waals surface area contributed by atoms with Crippen LogP contribution < -0.4 is 9.47 Å². The van der Waals surface area contributed by atoms with Crippen LogP contribution >= 0.6 is 0 Å². The Kier molecular flexibility index (Phi) is 11.4. The van der Waals surface area contributed by atoms with Crippen LogP contribution in [0.15, 0.2) is 79.1 Å². The number of carbonyl (C=O) groups excluding carboxylic acids is 1. The van der Waals surface area contributed by atoms with Crippen LogP contribution in [0, 0.1) is 0 Å². The second-order valence-corrected chi connectivity index (χ2v) is 12.2. The molecule has 1 saturated heterocycles. The van der Waals surface area contributed by atoms with E-state index < -0.39 is 11.8 Å². The normalized spacial score (nSPS) is 17.0. The van der Waals surface area contributed by atoms with Crippen LogP contribution in [0.1, 0.15) is 56.2 Å². The summed E-state index contributed by atoms with van der Waals surface area (Å²) in [5, 5.41) is 1.63. The Hall–Kier alpha value is -4.25. The maximum Gasteiger partial charge on any atom is 0.528 e. The number of rotatable bonds is 13. The molecule has 2 unspecified atom stereocenters. The van der Waals surface area contributed by atoms with E-state index in [-0.39, 0.29) is 12.0 Å². The lowest BCUT2D eigenvalue weighted by molar-refractivity contribution is -0.179. The van der Waals surface area contributed by atoms with Crippen LogP contribution in [0.4, 0.5) is 4.79 Å². The average Bonchev–Trinajstić information content (AvgIpc) is 3.05. The SMILES string of the molecule is COc1ccccc1COCCCOc1ccc(C2CCN(OC(=O)OC(C)(C)C)CC2OCc2ccc3nccnc3c2)cc1. The molecule has 5 rings (SSSR count). The summed E-state index contributed by atoms with van der Waals surface area (Å²) in [7, 11) is 1.66. The molecule has 2 heterocycles. The number of para-hydroxylation sites is 1. The number of nitrogens with zero attached hydrogens (tertiary/aromatic N) is 3. The van der Waals surface area contributed by atoms with Crippen molar-refractivity contribution in [1.82, 2.24) is 15.0 Å². The highest BCUT2D eigenvalue weighted by Crippen LogP contribution is 2.33. The van der Waals surface area contributed by atoms with E-state index >= 15 is 0 Å². The van der Waals surface area contributed by atoms with Crippen molar-refractivity contribution in [1.29, 1.82) is 0 Å². The summed E-state index contributed by atoms with van der Waals surface area (Å²) < 4.78 is 29.1. The fourth-order valence-corrected chi connectivity index (χ4v) is 5.36. The summed E-state index contributed by atoms with van der Waals surface area (Å²) in [4.78, 5) is 26.7. The summed E-state index contributed by atoms with van der Waals surface area (Å²) in [6.45, 7) is 8.41. The molecule has 0 amide bonds. The van der Waals surface area contributed by atoms with E-state index in [9.17, 15) is 4.79 Å². The van der Waals surface area contributed by atoms with Gasteiger partial charge in [-0.3, -0.25) is 9.97 Å². The number of methoxy groups -OCH3 is 1. The maximum absolute atomic E-state index is 12.4. The van der Waals surface area contributed by atoms with Crippen LogP contribution in [0.2, 0.25) is 0 Å². The van der Waals surface area contributed by atoms with E-state index in [1.165, 1.54) is 0 Å². The molecule has 3 aromatic carbocycles. The summed E-state index contributed by atoms with van der Waals surface area (Å²) in [6.07, 6.45) is 3.91. The van der Waals surface area contributed by atoms with Crippen molar-refractivity contribution in [2.24, 2.45) is 0 Å². The summed E-state index contributed by atoms with van der Waals surface area (Å²) in [5.74, 6) is 1.72. The molecule has 1 aromatic heterocycles. The molecule has 1 aliphatic heterocycles. The molecule has 0 N–H and O–H groups in total. The number of piperidine rings is 1. The topological polar surface area (TPSA) is 101 Å². The monoisotopic (exact) mass is 629 g/mol. The molecule has 0 spiro atoms. The Balaban J connectivity index is 1.16. The third-order valence-corrected chi connectivity index (χ3v) is 7.57. The summed E-state index contributed by atoms with van der Waals surface area (Å²) in [5.41, 5.74) is 4.17. The first-order chi connectivity index (χ1) is 22.3. The molecule has 4 aromatic rings. The summed E-state index contributed by atoms with van der Waals surface area (Å²) >= 11 is 0. The van der Waals surface area contributed by atoms with Gasteiger partial charge in [-0.05, 0) is 68.7 Å². The molecule has 244 valence electrons. The van der Waals surface area contributed by atoms with Crippen molar-refractivity contribution < 1.29 is 33.3 Å². The van der Waals surface area contributed by atoms with Gasteiger partial charge in [-0.2, -0.15) is 0 Å². The van der Waals surface area contributed by atoms with E-state index in [1.807, 2.05) is 75.4 Å². The van der Waals surface area contributed by atoms with Gasteiger partial charge >= 0.3 is 6.16 Å². The van der Waals surface area contributed by atoms with Crippen molar-refractivity contribution in [2.75, 3.05) is 33.4 Å². The first-order valence-electron chi connectivity index (χ1n) is 15.7. The minimum atomic E-state index is -0.718. The van der Waals surface area contributed by atoms with Crippen LogP contribution in [0.25, 0.3) is 11.0 Å². The van der Waals surface area contributed by atoms with Crippen molar-refractivity contribution in [3.8, 4) is 11.5 Å². The maximum atomic E-state index is 12.4. The minimum absolute atomic E-state index is 0.0937. The Bertz CT molecular complexity index is 1560. The second kappa shape index (κ2) is 15.8. The molecular formula is C36H43N3O7. The Morgan fingerprint density at radius 1 is 0.935 bits per heavy atom. The smallest absolute Gasteiger partial charge is 0.496 e. The molecule has 10 heteroatoms. The molecule has 0 radical (unpaired) electrons. The molecule has 0 aliphatic carbocycles. The highest BCUT2D eigenvalue weighted by molar-refractivity contribution is 5.74. The molecule has 0 saturated carbocycles. The molecule has 2 atom stereocenters. The minimum Gasteiger partial charge on any atom is -0.496 e. The van der Waals surface area contributed by atoms with Gasteiger partial charge in [0.25, 0.3) is 0 Å². The third kappa shape index (κ3) is 9.62. The quantitative estimate of drug-likeness (QED) is 0.115. The van der Waals surface area contributed by atoms with Gasteiger partial charge in [-0.1, -0.05) is 36.4 Å². The van der Waals surface area contributed by atoms with Gasteiger partial charge in [0.2, 0.25) is 0 Å². The number of carbonyl (C=O) groups is 1. The van der Waals surface area contributed by atoms with Gasteiger partial charge in [0.1, 0.15) is 17.1 Å². The highest BCUT2D eigenvalue weighted by Gasteiger charge is 2.34. The van der Waals surface area contributed by atoms with Crippen molar-refractivity contribution in [2.45, 2.75) is 64.4 Å². The van der Waals surface area contributed by atoms with Crippen molar-refractivity contribution in [3.63, 3.8) is 0 Å². The van der Waals surface area contributed by atoms with Crippen molar-refractivity contribution in [3.05, 3.63) is 95.8 Å². The van der Waals surface area contributed by atoms with Gasteiger partial charge < -0.3 is 28.5 Å². The lowest BCUT2D eigenvalue weighted by atomic mass is 9.87. The van der Waals surface area contributed by atoms with Gasteiger partial charge in [0.05, 0.1) is 57.2 Å². The van der Waals surface area contributed by atoms with Gasteiger partial charge in [0, 0.05) is 36.8 Å². The van der Waals surface area contributed by atoms with Crippen LogP contribution in [-0.2, 0) is 32.3 Å². The van der Waals surface area contributed by atoms with E-state index in [4.69, 9.17) is 28.5 Å². The molecule has 0 bridgehead atoms. The van der Waals surface area contributed by atoms with E-state index in [2.05, 4.69) is 22.1 Å². The van der Waals surface area contributed by atoms with E-state index in [0.29, 0.717) is 39.5 Å². The molecule has 1 fully saturated rings. The molecule has 46 heavy (non-hydrogen) atoms. The Labute approximate surface area is 270 Å².